The average Bonchev–Trinajstić information content (AvgIpc) is 2.81. The predicted molar refractivity (Wildman–Crippen MR) is 143 cm³/mol. The van der Waals surface area contributed by atoms with E-state index in [0.717, 1.165) is 38.5 Å². The molecule has 35 heavy (non-hydrogen) atoms. The van der Waals surface area contributed by atoms with E-state index < -0.39 is 26.7 Å². The van der Waals surface area contributed by atoms with E-state index in [4.69, 9.17) is 27.8 Å². The van der Waals surface area contributed by atoms with Crippen LogP contribution in [-0.4, -0.2) is 38.7 Å². The molecule has 0 radical (unpaired) electrons. The summed E-state index contributed by atoms with van der Waals surface area (Å²) in [7, 11) is -4.07. The van der Waals surface area contributed by atoms with E-state index in [2.05, 4.69) is 40.5 Å². The van der Waals surface area contributed by atoms with Crippen LogP contribution in [-0.2, 0) is 32.3 Å². The van der Waals surface area contributed by atoms with Crippen molar-refractivity contribution in [3.8, 4) is 0 Å². The Labute approximate surface area is 214 Å². The topological polar surface area (TPSA) is 72.5 Å². The van der Waals surface area contributed by atoms with Gasteiger partial charge < -0.3 is 14.2 Å². The number of rotatable bonds is 24. The molecule has 0 rings (SSSR count). The summed E-state index contributed by atoms with van der Waals surface area (Å²) in [5.41, 5.74) is 0. The summed E-state index contributed by atoms with van der Waals surface area (Å²) in [4.78, 5) is 0. The molecule has 0 fully saturated rings. The molecule has 0 saturated carbocycles. The van der Waals surface area contributed by atoms with Gasteiger partial charge in [0.05, 0.1) is 19.8 Å². The van der Waals surface area contributed by atoms with Gasteiger partial charge in [-0.1, -0.05) is 58.3 Å². The molecule has 7 nitrogen and oxygen atoms in total. The molecule has 0 N–H and O–H groups in total. The molecule has 0 aromatic carbocycles. The Morgan fingerprint density at radius 3 is 1.06 bits per heavy atom. The third-order valence-electron chi connectivity index (χ3n) is 5.76. The van der Waals surface area contributed by atoms with Crippen LogP contribution in [0.2, 0.25) is 0 Å². The van der Waals surface area contributed by atoms with Crippen molar-refractivity contribution in [3.05, 3.63) is 38.0 Å². The SMILES string of the molecule is C=CCC(CC)COC(C)OP(=O)(OC(C)OCC(CC)CC=C)OC(C)OCC(CC)CC=C. The highest BCUT2D eigenvalue weighted by Gasteiger charge is 2.35. The molecule has 0 aliphatic heterocycles. The molecule has 0 aromatic heterocycles. The van der Waals surface area contributed by atoms with Gasteiger partial charge >= 0.3 is 7.82 Å². The smallest absolute Gasteiger partial charge is 0.352 e. The van der Waals surface area contributed by atoms with Crippen molar-refractivity contribution in [3.63, 3.8) is 0 Å². The highest BCUT2D eigenvalue weighted by atomic mass is 31.2. The Kier molecular flexibility index (Phi) is 19.8. The zero-order chi connectivity index (χ0) is 26.7. The molecule has 0 spiro atoms. The summed E-state index contributed by atoms with van der Waals surface area (Å²) in [6, 6.07) is 0. The van der Waals surface area contributed by atoms with E-state index in [1.165, 1.54) is 0 Å². The van der Waals surface area contributed by atoms with Crippen LogP contribution >= 0.6 is 7.82 Å². The number of hydrogen-bond acceptors (Lipinski definition) is 7. The zero-order valence-electron chi connectivity index (χ0n) is 23.0. The lowest BCUT2D eigenvalue weighted by Crippen LogP contribution is -2.24. The first-order chi connectivity index (χ1) is 16.7. The average molecular weight is 519 g/mol. The van der Waals surface area contributed by atoms with Crippen molar-refractivity contribution >= 4 is 7.82 Å². The van der Waals surface area contributed by atoms with Crippen LogP contribution in [0.15, 0.2) is 38.0 Å². The molecule has 0 heterocycles. The van der Waals surface area contributed by atoms with Crippen LogP contribution < -0.4 is 0 Å². The van der Waals surface area contributed by atoms with Crippen molar-refractivity contribution in [2.45, 2.75) is 98.9 Å². The lowest BCUT2D eigenvalue weighted by atomic mass is 10.0. The lowest BCUT2D eigenvalue weighted by Gasteiger charge is -2.28. The summed E-state index contributed by atoms with van der Waals surface area (Å²) in [6.45, 7) is 24.0. The maximum Gasteiger partial charge on any atom is 0.481 e. The van der Waals surface area contributed by atoms with Crippen molar-refractivity contribution in [2.75, 3.05) is 19.8 Å². The first-order valence-corrected chi connectivity index (χ1v) is 14.4. The monoisotopic (exact) mass is 518 g/mol. The second kappa shape index (κ2) is 20.3. The minimum atomic E-state index is -4.07. The van der Waals surface area contributed by atoms with Crippen molar-refractivity contribution in [2.24, 2.45) is 17.8 Å². The van der Waals surface area contributed by atoms with Gasteiger partial charge in [-0.05, 0) is 57.8 Å². The van der Waals surface area contributed by atoms with Crippen LogP contribution in [0.25, 0.3) is 0 Å². The van der Waals surface area contributed by atoms with Gasteiger partial charge in [-0.25, -0.2) is 4.57 Å². The van der Waals surface area contributed by atoms with Crippen LogP contribution in [0, 0.1) is 17.8 Å². The third-order valence-corrected chi connectivity index (χ3v) is 7.43. The quantitative estimate of drug-likeness (QED) is 0.0727. The van der Waals surface area contributed by atoms with Crippen LogP contribution in [0.3, 0.4) is 0 Å². The van der Waals surface area contributed by atoms with Crippen molar-refractivity contribution in [1.29, 1.82) is 0 Å². The van der Waals surface area contributed by atoms with Gasteiger partial charge in [0.15, 0.2) is 18.9 Å². The van der Waals surface area contributed by atoms with Gasteiger partial charge in [0.25, 0.3) is 0 Å². The Morgan fingerprint density at radius 1 is 0.600 bits per heavy atom. The Bertz CT molecular complexity index is 532. The van der Waals surface area contributed by atoms with Gasteiger partial charge in [-0.2, -0.15) is 0 Å². The summed E-state index contributed by atoms with van der Waals surface area (Å²) in [5.74, 6) is 0.905. The molecule has 0 aliphatic rings. The maximum absolute atomic E-state index is 13.6. The molecule has 0 saturated heterocycles. The normalized spacial score (nSPS) is 18.6. The van der Waals surface area contributed by atoms with E-state index in [9.17, 15) is 4.57 Å². The Balaban J connectivity index is 5.19. The zero-order valence-corrected chi connectivity index (χ0v) is 23.9. The molecule has 0 aromatic rings. The predicted octanol–water partition coefficient (Wildman–Crippen LogP) is 8.04. The van der Waals surface area contributed by atoms with E-state index >= 15 is 0 Å². The highest BCUT2D eigenvalue weighted by Crippen LogP contribution is 2.53. The molecule has 206 valence electrons. The Hall–Kier alpha value is -0.790. The van der Waals surface area contributed by atoms with Crippen LogP contribution in [0.4, 0.5) is 0 Å². The highest BCUT2D eigenvalue weighted by molar-refractivity contribution is 7.48. The minimum Gasteiger partial charge on any atom is -0.352 e. The van der Waals surface area contributed by atoms with Crippen LogP contribution in [0.1, 0.15) is 80.1 Å². The largest absolute Gasteiger partial charge is 0.481 e. The van der Waals surface area contributed by atoms with Crippen molar-refractivity contribution in [1.82, 2.24) is 0 Å². The molecule has 0 bridgehead atoms. The summed E-state index contributed by atoms with van der Waals surface area (Å²) >= 11 is 0. The lowest BCUT2D eigenvalue weighted by molar-refractivity contribution is -0.155. The number of ether oxygens (including phenoxy) is 3. The van der Waals surface area contributed by atoms with E-state index in [1.54, 1.807) is 20.8 Å². The third kappa shape index (κ3) is 16.6. The fraction of sp³-hybridized carbons (Fsp3) is 0.778. The second-order valence-corrected chi connectivity index (χ2v) is 10.4. The number of allylic oxidation sites excluding steroid dienone is 3. The number of hydrogen-bond donors (Lipinski definition) is 0. The fourth-order valence-electron chi connectivity index (χ4n) is 3.29. The molecular weight excluding hydrogens is 467 g/mol. The first-order valence-electron chi connectivity index (χ1n) is 13.0. The van der Waals surface area contributed by atoms with Gasteiger partial charge in [0, 0.05) is 0 Å². The van der Waals surface area contributed by atoms with Gasteiger partial charge in [-0.15, -0.1) is 19.7 Å². The summed E-state index contributed by atoms with van der Waals surface area (Å²) < 4.78 is 48.0. The molecule has 0 amide bonds. The van der Waals surface area contributed by atoms with Crippen molar-refractivity contribution < 1.29 is 32.3 Å². The molecular formula is C27H51O7P. The van der Waals surface area contributed by atoms with E-state index in [0.29, 0.717) is 37.6 Å². The molecule has 6 atom stereocenters. The van der Waals surface area contributed by atoms with Gasteiger partial charge in [-0.3, -0.25) is 13.6 Å². The fourth-order valence-corrected chi connectivity index (χ4v) is 4.71. The molecule has 8 heteroatoms. The minimum absolute atomic E-state index is 0.302. The van der Waals surface area contributed by atoms with Gasteiger partial charge in [0.2, 0.25) is 0 Å². The number of phosphoric acid groups is 1. The van der Waals surface area contributed by atoms with E-state index in [1.807, 2.05) is 18.2 Å². The molecule has 6 unspecified atom stereocenters. The Morgan fingerprint density at radius 2 is 0.857 bits per heavy atom. The second-order valence-electron chi connectivity index (χ2n) is 8.86. The summed E-state index contributed by atoms with van der Waals surface area (Å²) in [6.07, 6.45) is 8.46. The summed E-state index contributed by atoms with van der Waals surface area (Å²) in [5, 5.41) is 0. The standard InChI is InChI=1S/C27H51O7P/c1-10-16-25(13-4)19-29-22(7)32-35(28,33-23(8)30-20-26(14-5)17-11-2)34-24(9)31-21-27(15-6)18-12-3/h10-12,22-27H,1-3,13-21H2,4-9H3. The van der Waals surface area contributed by atoms with E-state index in [-0.39, 0.29) is 0 Å². The first kappa shape index (κ1) is 34.2. The molecule has 0 aliphatic carbocycles. The van der Waals surface area contributed by atoms with Crippen LogP contribution in [0.5, 0.6) is 0 Å². The maximum atomic E-state index is 13.6. The number of phosphoric ester groups is 1. The van der Waals surface area contributed by atoms with Gasteiger partial charge in [0.1, 0.15) is 0 Å².